The van der Waals surface area contributed by atoms with E-state index < -0.39 is 10.8 Å². The van der Waals surface area contributed by atoms with Gasteiger partial charge in [-0.1, -0.05) is 90.4 Å². The van der Waals surface area contributed by atoms with Crippen molar-refractivity contribution in [2.75, 3.05) is 47.1 Å². The van der Waals surface area contributed by atoms with Crippen LogP contribution in [0.5, 0.6) is 0 Å². The first-order valence-corrected chi connectivity index (χ1v) is 15.1. The van der Waals surface area contributed by atoms with Crippen molar-refractivity contribution in [3.63, 3.8) is 0 Å². The third-order valence-electron chi connectivity index (χ3n) is 6.86. The fourth-order valence-corrected chi connectivity index (χ4v) is 4.65. The van der Waals surface area contributed by atoms with Crippen molar-refractivity contribution in [1.82, 2.24) is 4.90 Å². The van der Waals surface area contributed by atoms with E-state index in [4.69, 9.17) is 14.2 Å². The molecule has 0 radical (unpaired) electrons. The van der Waals surface area contributed by atoms with Gasteiger partial charge >= 0.3 is 11.9 Å². The van der Waals surface area contributed by atoms with Gasteiger partial charge in [0.1, 0.15) is 13.2 Å². The van der Waals surface area contributed by atoms with Crippen molar-refractivity contribution in [2.24, 2.45) is 10.8 Å². The summed E-state index contributed by atoms with van der Waals surface area (Å²) in [5.41, 5.74) is -1.54. The fraction of sp³-hybridized carbons (Fsp3) is 0.935. The van der Waals surface area contributed by atoms with Crippen molar-refractivity contribution < 1.29 is 23.8 Å². The van der Waals surface area contributed by atoms with E-state index in [-0.39, 0.29) is 18.5 Å². The molecule has 0 aliphatic heterocycles. The highest BCUT2D eigenvalue weighted by Crippen LogP contribution is 2.35. The molecular weight excluding hydrogens is 466 g/mol. The first kappa shape index (κ1) is 35.9. The third kappa shape index (κ3) is 20.5. The second-order valence-corrected chi connectivity index (χ2v) is 12.2. The molecule has 0 aromatic heterocycles. The number of hydrogen-bond acceptors (Lipinski definition) is 6. The minimum Gasteiger partial charge on any atom is -0.464 e. The Bertz CT molecular complexity index is 574. The lowest BCUT2D eigenvalue weighted by atomic mass is 9.75. The SMILES string of the molecule is CCCCCCCCCCCCCCCCOCCOC(=O)C(C)(C)CC(C)(C)C(=O)OCCN(C)C. The van der Waals surface area contributed by atoms with Crippen molar-refractivity contribution in [2.45, 2.75) is 131 Å². The molecule has 0 aliphatic rings. The summed E-state index contributed by atoms with van der Waals surface area (Å²) in [5, 5.41) is 0. The number of ether oxygens (including phenoxy) is 3. The van der Waals surface area contributed by atoms with Crippen molar-refractivity contribution in [1.29, 1.82) is 0 Å². The Morgan fingerprint density at radius 3 is 1.41 bits per heavy atom. The van der Waals surface area contributed by atoms with E-state index in [1.807, 2.05) is 46.7 Å². The minimum absolute atomic E-state index is 0.245. The van der Waals surface area contributed by atoms with Gasteiger partial charge in [-0.3, -0.25) is 9.59 Å². The molecule has 0 saturated carbocycles. The smallest absolute Gasteiger partial charge is 0.311 e. The number of likely N-dealkylation sites (N-methyl/N-ethyl adjacent to an activating group) is 1. The van der Waals surface area contributed by atoms with E-state index >= 15 is 0 Å². The topological polar surface area (TPSA) is 65.1 Å². The van der Waals surface area contributed by atoms with Crippen LogP contribution in [0.4, 0.5) is 0 Å². The molecule has 0 bridgehead atoms. The molecule has 0 rings (SSSR count). The maximum absolute atomic E-state index is 12.6. The van der Waals surface area contributed by atoms with Crippen LogP contribution in [0.3, 0.4) is 0 Å². The zero-order chi connectivity index (χ0) is 28.0. The molecule has 0 N–H and O–H groups in total. The predicted molar refractivity (Wildman–Crippen MR) is 154 cm³/mol. The molecule has 0 spiro atoms. The van der Waals surface area contributed by atoms with Crippen LogP contribution in [0.2, 0.25) is 0 Å². The second-order valence-electron chi connectivity index (χ2n) is 12.2. The average molecular weight is 528 g/mol. The molecule has 0 aromatic carbocycles. The van der Waals surface area contributed by atoms with Crippen LogP contribution >= 0.6 is 0 Å². The van der Waals surface area contributed by atoms with E-state index in [0.717, 1.165) is 6.42 Å². The highest BCUT2D eigenvalue weighted by atomic mass is 16.6. The number of unbranched alkanes of at least 4 members (excludes halogenated alkanes) is 13. The molecule has 37 heavy (non-hydrogen) atoms. The van der Waals surface area contributed by atoms with Crippen LogP contribution in [0, 0.1) is 10.8 Å². The van der Waals surface area contributed by atoms with Crippen LogP contribution in [0.25, 0.3) is 0 Å². The summed E-state index contributed by atoms with van der Waals surface area (Å²) >= 11 is 0. The summed E-state index contributed by atoms with van der Waals surface area (Å²) in [6.07, 6.45) is 19.1. The van der Waals surface area contributed by atoms with E-state index in [0.29, 0.717) is 32.8 Å². The lowest BCUT2D eigenvalue weighted by Crippen LogP contribution is -2.38. The van der Waals surface area contributed by atoms with E-state index in [9.17, 15) is 9.59 Å². The molecule has 0 amide bonds. The molecule has 0 heterocycles. The Kier molecular flexibility index (Phi) is 21.1. The number of esters is 2. The highest BCUT2D eigenvalue weighted by molar-refractivity contribution is 5.80. The molecule has 0 fully saturated rings. The number of rotatable bonds is 25. The van der Waals surface area contributed by atoms with Gasteiger partial charge in [0.05, 0.1) is 17.4 Å². The van der Waals surface area contributed by atoms with E-state index in [1.165, 1.54) is 83.5 Å². The van der Waals surface area contributed by atoms with Crippen LogP contribution in [-0.4, -0.2) is 63.9 Å². The van der Waals surface area contributed by atoms with Gasteiger partial charge in [0, 0.05) is 13.2 Å². The van der Waals surface area contributed by atoms with Gasteiger partial charge in [0.25, 0.3) is 0 Å². The summed E-state index contributed by atoms with van der Waals surface area (Å²) in [4.78, 5) is 27.0. The van der Waals surface area contributed by atoms with Gasteiger partial charge in [0.2, 0.25) is 0 Å². The molecule has 0 unspecified atom stereocenters. The van der Waals surface area contributed by atoms with Crippen molar-refractivity contribution in [3.05, 3.63) is 0 Å². The fourth-order valence-electron chi connectivity index (χ4n) is 4.65. The summed E-state index contributed by atoms with van der Waals surface area (Å²) in [6, 6.07) is 0. The normalized spacial score (nSPS) is 12.2. The number of nitrogens with zero attached hydrogens (tertiary/aromatic N) is 1. The second kappa shape index (κ2) is 21.8. The Morgan fingerprint density at radius 1 is 0.568 bits per heavy atom. The average Bonchev–Trinajstić information content (AvgIpc) is 2.82. The molecular formula is C31H61NO5. The van der Waals surface area contributed by atoms with Gasteiger partial charge in [0.15, 0.2) is 0 Å². The van der Waals surface area contributed by atoms with Crippen molar-refractivity contribution in [3.8, 4) is 0 Å². The first-order valence-electron chi connectivity index (χ1n) is 15.1. The van der Waals surface area contributed by atoms with Crippen LogP contribution in [-0.2, 0) is 23.8 Å². The maximum atomic E-state index is 12.6. The molecule has 0 saturated heterocycles. The summed E-state index contributed by atoms with van der Waals surface area (Å²) in [6.45, 7) is 11.9. The largest absolute Gasteiger partial charge is 0.464 e. The van der Waals surface area contributed by atoms with Gasteiger partial charge in [-0.2, -0.15) is 0 Å². The zero-order valence-corrected chi connectivity index (χ0v) is 25.6. The van der Waals surface area contributed by atoms with Gasteiger partial charge in [-0.25, -0.2) is 0 Å². The summed E-state index contributed by atoms with van der Waals surface area (Å²) in [7, 11) is 3.86. The van der Waals surface area contributed by atoms with Crippen LogP contribution < -0.4 is 0 Å². The number of hydrogen-bond donors (Lipinski definition) is 0. The third-order valence-corrected chi connectivity index (χ3v) is 6.86. The number of carbonyl (C=O) groups excluding carboxylic acids is 2. The summed E-state index contributed by atoms with van der Waals surface area (Å²) in [5.74, 6) is -0.589. The predicted octanol–water partition coefficient (Wildman–Crippen LogP) is 7.57. The highest BCUT2D eigenvalue weighted by Gasteiger charge is 2.40. The summed E-state index contributed by atoms with van der Waals surface area (Å²) < 4.78 is 16.5. The van der Waals surface area contributed by atoms with Gasteiger partial charge in [-0.05, 0) is 54.6 Å². The van der Waals surface area contributed by atoms with E-state index in [2.05, 4.69) is 6.92 Å². The molecule has 6 nitrogen and oxygen atoms in total. The monoisotopic (exact) mass is 527 g/mol. The molecule has 0 aliphatic carbocycles. The first-order chi connectivity index (χ1) is 17.5. The lowest BCUT2D eigenvalue weighted by molar-refractivity contribution is -0.163. The minimum atomic E-state index is -0.779. The maximum Gasteiger partial charge on any atom is 0.311 e. The standard InChI is InChI=1S/C31H61NO5/c1-8-9-10-11-12-13-14-15-16-17-18-19-20-21-23-35-25-26-37-29(34)31(4,5)27-30(2,3)28(33)36-24-22-32(6)7/h8-27H2,1-7H3. The Balaban J connectivity index is 3.72. The molecule has 0 atom stereocenters. The van der Waals surface area contributed by atoms with Crippen LogP contribution in [0.15, 0.2) is 0 Å². The number of carbonyl (C=O) groups is 2. The Labute approximate surface area is 229 Å². The van der Waals surface area contributed by atoms with Gasteiger partial charge < -0.3 is 19.1 Å². The zero-order valence-electron chi connectivity index (χ0n) is 25.6. The quantitative estimate of drug-likeness (QED) is 0.0901. The Morgan fingerprint density at radius 2 is 0.973 bits per heavy atom. The lowest BCUT2D eigenvalue weighted by Gasteiger charge is -2.31. The van der Waals surface area contributed by atoms with Gasteiger partial charge in [-0.15, -0.1) is 0 Å². The molecule has 6 heteroatoms. The molecule has 0 aromatic rings. The van der Waals surface area contributed by atoms with E-state index in [1.54, 1.807) is 0 Å². The molecule has 220 valence electrons. The Hall–Kier alpha value is -1.14. The van der Waals surface area contributed by atoms with Crippen LogP contribution in [0.1, 0.15) is 131 Å². The van der Waals surface area contributed by atoms with Crippen molar-refractivity contribution >= 4 is 11.9 Å².